The van der Waals surface area contributed by atoms with Crippen LogP contribution >= 0.6 is 0 Å². The summed E-state index contributed by atoms with van der Waals surface area (Å²) in [5, 5.41) is 13.3. The Morgan fingerprint density at radius 3 is 2.36 bits per heavy atom. The first-order valence-corrected chi connectivity index (χ1v) is 8.41. The molecular weight excluding hydrogens is 318 g/mol. The van der Waals surface area contributed by atoms with Crippen molar-refractivity contribution >= 4 is 5.84 Å². The number of aromatic nitrogens is 1. The average Bonchev–Trinajstić information content (AvgIpc) is 2.97. The van der Waals surface area contributed by atoms with Crippen LogP contribution in [0.2, 0.25) is 0 Å². The summed E-state index contributed by atoms with van der Waals surface area (Å²) in [6.07, 6.45) is 3.79. The Morgan fingerprint density at radius 2 is 1.76 bits per heavy atom. The van der Waals surface area contributed by atoms with Gasteiger partial charge in [0.15, 0.2) is 5.84 Å². The molecular formula is C19H23N3O3. The molecule has 2 atom stereocenters. The van der Waals surface area contributed by atoms with Crippen LogP contribution < -0.4 is 9.47 Å². The first-order chi connectivity index (χ1) is 12.1. The Kier molecular flexibility index (Phi) is 5.07. The second-order valence-corrected chi connectivity index (χ2v) is 6.24. The summed E-state index contributed by atoms with van der Waals surface area (Å²) in [5.41, 5.74) is 0.668. The summed E-state index contributed by atoms with van der Waals surface area (Å²) in [6, 6.07) is 11.5. The third kappa shape index (κ3) is 3.52. The molecule has 1 saturated heterocycles. The molecule has 3 rings (SSSR count). The molecule has 0 saturated carbocycles. The van der Waals surface area contributed by atoms with Gasteiger partial charge in [-0.05, 0) is 63.1 Å². The van der Waals surface area contributed by atoms with Crippen LogP contribution in [0.15, 0.2) is 47.8 Å². The van der Waals surface area contributed by atoms with Crippen LogP contribution in [-0.2, 0) is 0 Å². The molecule has 0 aliphatic carbocycles. The molecule has 1 N–H and O–H groups in total. The molecule has 2 unspecified atom stereocenters. The van der Waals surface area contributed by atoms with Crippen molar-refractivity contribution < 1.29 is 14.7 Å². The molecule has 0 bridgehead atoms. The zero-order chi connectivity index (χ0) is 17.8. The van der Waals surface area contributed by atoms with E-state index in [0.717, 1.165) is 18.6 Å². The molecule has 6 heteroatoms. The first kappa shape index (κ1) is 17.1. The molecule has 6 nitrogen and oxygen atoms in total. The van der Waals surface area contributed by atoms with Crippen molar-refractivity contribution in [1.82, 2.24) is 9.88 Å². The van der Waals surface area contributed by atoms with Gasteiger partial charge in [0.2, 0.25) is 5.88 Å². The number of pyridine rings is 1. The third-order valence-corrected chi connectivity index (χ3v) is 4.58. The van der Waals surface area contributed by atoms with E-state index in [4.69, 9.17) is 9.47 Å². The average molecular weight is 341 g/mol. The van der Waals surface area contributed by atoms with Gasteiger partial charge in [0.05, 0.1) is 12.7 Å². The van der Waals surface area contributed by atoms with E-state index in [1.165, 1.54) is 0 Å². The zero-order valence-corrected chi connectivity index (χ0v) is 14.7. The maximum atomic E-state index is 9.68. The minimum Gasteiger partial charge on any atom is -0.497 e. The number of ether oxygens (including phenoxy) is 2. The van der Waals surface area contributed by atoms with E-state index in [1.807, 2.05) is 36.4 Å². The standard InChI is InChI=1S/C19H23N3O3/c1-13-6-7-14(2)22(13)18(21-23)17-5-4-12-20-19(17)25-16-10-8-15(24-3)9-11-16/h4-5,8-14,23H,6-7H2,1-3H3/b21-18-. The van der Waals surface area contributed by atoms with E-state index in [0.29, 0.717) is 35.1 Å². The van der Waals surface area contributed by atoms with Gasteiger partial charge < -0.3 is 19.6 Å². The Labute approximate surface area is 147 Å². The highest BCUT2D eigenvalue weighted by molar-refractivity contribution is 6.00. The topological polar surface area (TPSA) is 67.2 Å². The van der Waals surface area contributed by atoms with Crippen LogP contribution in [0.5, 0.6) is 17.4 Å². The van der Waals surface area contributed by atoms with E-state index < -0.39 is 0 Å². The van der Waals surface area contributed by atoms with Gasteiger partial charge in [0.1, 0.15) is 11.5 Å². The Bertz CT molecular complexity index is 736. The van der Waals surface area contributed by atoms with Gasteiger partial charge in [-0.2, -0.15) is 0 Å². The highest BCUT2D eigenvalue weighted by atomic mass is 16.5. The van der Waals surface area contributed by atoms with E-state index >= 15 is 0 Å². The second kappa shape index (κ2) is 7.42. The Hall–Kier alpha value is -2.76. The number of likely N-dealkylation sites (tertiary alicyclic amines) is 1. The fourth-order valence-electron chi connectivity index (χ4n) is 3.25. The van der Waals surface area contributed by atoms with Gasteiger partial charge in [-0.25, -0.2) is 4.98 Å². The number of hydrogen-bond acceptors (Lipinski definition) is 5. The molecule has 1 aliphatic heterocycles. The SMILES string of the molecule is COc1ccc(Oc2ncccc2/C(=N/O)N2C(C)CCC2C)cc1. The van der Waals surface area contributed by atoms with Crippen molar-refractivity contribution in [2.75, 3.05) is 7.11 Å². The molecule has 2 aromatic rings. The second-order valence-electron chi connectivity index (χ2n) is 6.24. The molecule has 1 aromatic carbocycles. The third-order valence-electron chi connectivity index (χ3n) is 4.58. The van der Waals surface area contributed by atoms with E-state index in [9.17, 15) is 5.21 Å². The van der Waals surface area contributed by atoms with Crippen molar-refractivity contribution in [3.05, 3.63) is 48.2 Å². The summed E-state index contributed by atoms with van der Waals surface area (Å²) in [5.74, 6) is 2.30. The summed E-state index contributed by atoms with van der Waals surface area (Å²) in [7, 11) is 1.62. The molecule has 0 radical (unpaired) electrons. The molecule has 1 aliphatic rings. The number of oxime groups is 1. The molecule has 1 aromatic heterocycles. The van der Waals surface area contributed by atoms with Crippen LogP contribution in [0.1, 0.15) is 32.3 Å². The van der Waals surface area contributed by atoms with Crippen LogP contribution in [0.4, 0.5) is 0 Å². The maximum absolute atomic E-state index is 9.68. The lowest BCUT2D eigenvalue weighted by Crippen LogP contribution is -2.39. The number of benzene rings is 1. The molecule has 0 amide bonds. The van der Waals surface area contributed by atoms with Crippen molar-refractivity contribution in [2.24, 2.45) is 5.16 Å². The lowest BCUT2D eigenvalue weighted by atomic mass is 10.2. The van der Waals surface area contributed by atoms with Crippen LogP contribution in [0, 0.1) is 0 Å². The van der Waals surface area contributed by atoms with Gasteiger partial charge in [0.25, 0.3) is 0 Å². The normalized spacial score (nSPS) is 20.6. The van der Waals surface area contributed by atoms with Crippen molar-refractivity contribution in [2.45, 2.75) is 38.8 Å². The quantitative estimate of drug-likeness (QED) is 0.395. The highest BCUT2D eigenvalue weighted by Gasteiger charge is 2.32. The fourth-order valence-corrected chi connectivity index (χ4v) is 3.25. The molecule has 0 spiro atoms. The van der Waals surface area contributed by atoms with Gasteiger partial charge in [-0.3, -0.25) is 0 Å². The van der Waals surface area contributed by atoms with Crippen molar-refractivity contribution in [3.63, 3.8) is 0 Å². The molecule has 132 valence electrons. The lowest BCUT2D eigenvalue weighted by Gasteiger charge is -2.29. The van der Waals surface area contributed by atoms with Gasteiger partial charge in [-0.15, -0.1) is 0 Å². The zero-order valence-electron chi connectivity index (χ0n) is 14.7. The minimum absolute atomic E-state index is 0.301. The van der Waals surface area contributed by atoms with Crippen molar-refractivity contribution in [3.8, 4) is 17.4 Å². The molecule has 2 heterocycles. The van der Waals surface area contributed by atoms with Gasteiger partial charge in [-0.1, -0.05) is 5.16 Å². The monoisotopic (exact) mass is 341 g/mol. The van der Waals surface area contributed by atoms with E-state index in [1.54, 1.807) is 13.3 Å². The fraction of sp³-hybridized carbons (Fsp3) is 0.368. The Balaban J connectivity index is 1.91. The largest absolute Gasteiger partial charge is 0.497 e. The number of hydrogen-bond donors (Lipinski definition) is 1. The predicted molar refractivity (Wildman–Crippen MR) is 95.6 cm³/mol. The number of methoxy groups -OCH3 is 1. The van der Waals surface area contributed by atoms with Crippen molar-refractivity contribution in [1.29, 1.82) is 0 Å². The lowest BCUT2D eigenvalue weighted by molar-refractivity contribution is 0.282. The maximum Gasteiger partial charge on any atom is 0.230 e. The van der Waals surface area contributed by atoms with Gasteiger partial charge >= 0.3 is 0 Å². The Morgan fingerprint density at radius 1 is 1.12 bits per heavy atom. The first-order valence-electron chi connectivity index (χ1n) is 8.41. The number of rotatable bonds is 4. The summed E-state index contributed by atoms with van der Waals surface area (Å²) < 4.78 is 11.1. The number of amidine groups is 1. The predicted octanol–water partition coefficient (Wildman–Crippen LogP) is 3.89. The summed E-state index contributed by atoms with van der Waals surface area (Å²) >= 11 is 0. The van der Waals surface area contributed by atoms with Crippen LogP contribution in [0.3, 0.4) is 0 Å². The summed E-state index contributed by atoms with van der Waals surface area (Å²) in [6.45, 7) is 4.27. The van der Waals surface area contributed by atoms with Crippen LogP contribution in [-0.4, -0.2) is 40.1 Å². The minimum atomic E-state index is 0.301. The van der Waals surface area contributed by atoms with Crippen LogP contribution in [0.25, 0.3) is 0 Å². The molecule has 1 fully saturated rings. The smallest absolute Gasteiger partial charge is 0.230 e. The summed E-state index contributed by atoms with van der Waals surface area (Å²) in [4.78, 5) is 6.46. The van der Waals surface area contributed by atoms with Gasteiger partial charge in [0, 0.05) is 18.3 Å². The molecule has 25 heavy (non-hydrogen) atoms. The van der Waals surface area contributed by atoms with E-state index in [-0.39, 0.29) is 0 Å². The highest BCUT2D eigenvalue weighted by Crippen LogP contribution is 2.30. The number of nitrogens with zero attached hydrogens (tertiary/aromatic N) is 3. The van der Waals surface area contributed by atoms with E-state index in [2.05, 4.69) is 28.9 Å².